The van der Waals surface area contributed by atoms with Crippen LogP contribution in [0.25, 0.3) is 0 Å². The molecule has 0 fully saturated rings. The van der Waals surface area contributed by atoms with Crippen LogP contribution in [0.4, 0.5) is 17.6 Å². The van der Waals surface area contributed by atoms with Crippen molar-refractivity contribution in [3.63, 3.8) is 0 Å². The summed E-state index contributed by atoms with van der Waals surface area (Å²) in [6, 6.07) is 8.66. The van der Waals surface area contributed by atoms with Gasteiger partial charge in [0.25, 0.3) is 0 Å². The Kier molecular flexibility index (Phi) is 6.22. The molecule has 0 aliphatic rings. The van der Waals surface area contributed by atoms with Crippen LogP contribution in [-0.2, 0) is 0 Å². The van der Waals surface area contributed by atoms with E-state index in [1.54, 1.807) is 6.07 Å². The fourth-order valence-corrected chi connectivity index (χ4v) is 2.14. The van der Waals surface area contributed by atoms with Gasteiger partial charge < -0.3 is 10.5 Å². The largest absolute Gasteiger partial charge is 0.573 e. The van der Waals surface area contributed by atoms with Gasteiger partial charge in [0.1, 0.15) is 11.6 Å². The monoisotopic (exact) mass is 399 g/mol. The molecule has 120 valence electrons. The van der Waals surface area contributed by atoms with Gasteiger partial charge in [-0.15, -0.1) is 25.6 Å². The Morgan fingerprint density at radius 2 is 1.64 bits per heavy atom. The topological polar surface area (TPSA) is 35.2 Å². The van der Waals surface area contributed by atoms with Crippen LogP contribution in [0.2, 0.25) is 0 Å². The third kappa shape index (κ3) is 4.86. The summed E-state index contributed by atoms with van der Waals surface area (Å²) in [5.74, 6) is -0.845. The Labute approximate surface area is 138 Å². The van der Waals surface area contributed by atoms with Crippen LogP contribution >= 0.6 is 28.3 Å². The van der Waals surface area contributed by atoms with Crippen LogP contribution in [0, 0.1) is 5.82 Å². The van der Waals surface area contributed by atoms with E-state index in [-0.39, 0.29) is 23.7 Å². The molecule has 0 aliphatic heterocycles. The van der Waals surface area contributed by atoms with Crippen LogP contribution in [0.15, 0.2) is 46.9 Å². The molecule has 0 aliphatic carbocycles. The predicted molar refractivity (Wildman–Crippen MR) is 80.5 cm³/mol. The molecule has 0 spiro atoms. The molecule has 2 rings (SSSR count). The summed E-state index contributed by atoms with van der Waals surface area (Å²) in [7, 11) is 0. The maximum atomic E-state index is 13.8. The van der Waals surface area contributed by atoms with Crippen molar-refractivity contribution in [1.82, 2.24) is 0 Å². The van der Waals surface area contributed by atoms with Crippen LogP contribution in [0.3, 0.4) is 0 Å². The predicted octanol–water partition coefficient (Wildman–Crippen LogP) is 4.96. The number of hydrogen-bond acceptors (Lipinski definition) is 2. The standard InChI is InChI=1S/C14H10BrF4NO.ClH/c15-9-3-6-11(12(16)7-9)13(20)8-1-4-10(5-2-8)21-14(17,18)19;/h1-7,13H,20H2;1H/t13-;/m1./s1. The summed E-state index contributed by atoms with van der Waals surface area (Å²) in [6.07, 6.45) is -4.75. The van der Waals surface area contributed by atoms with Gasteiger partial charge in [-0.1, -0.05) is 34.1 Å². The molecule has 8 heteroatoms. The minimum atomic E-state index is -4.75. The zero-order valence-corrected chi connectivity index (χ0v) is 13.3. The number of hydrogen-bond donors (Lipinski definition) is 1. The second-order valence-electron chi connectivity index (χ2n) is 4.26. The van der Waals surface area contributed by atoms with Gasteiger partial charge in [0.15, 0.2) is 0 Å². The number of nitrogens with two attached hydrogens (primary N) is 1. The smallest absolute Gasteiger partial charge is 0.406 e. The molecule has 0 saturated carbocycles. The minimum Gasteiger partial charge on any atom is -0.406 e. The third-order valence-corrected chi connectivity index (χ3v) is 3.26. The number of alkyl halides is 3. The van der Waals surface area contributed by atoms with Crippen LogP contribution in [0.5, 0.6) is 5.75 Å². The van der Waals surface area contributed by atoms with Gasteiger partial charge in [-0.25, -0.2) is 4.39 Å². The molecule has 22 heavy (non-hydrogen) atoms. The Bertz CT molecular complexity index is 634. The average Bonchev–Trinajstić information content (AvgIpc) is 2.37. The SMILES string of the molecule is Cl.N[C@H](c1ccc(OC(F)(F)F)cc1)c1ccc(Br)cc1F. The van der Waals surface area contributed by atoms with Gasteiger partial charge >= 0.3 is 6.36 Å². The first kappa shape index (κ1) is 18.7. The molecule has 0 radical (unpaired) electrons. The van der Waals surface area contributed by atoms with Crippen LogP contribution < -0.4 is 10.5 Å². The molecule has 2 nitrogen and oxygen atoms in total. The highest BCUT2D eigenvalue weighted by molar-refractivity contribution is 9.10. The molecule has 0 unspecified atom stereocenters. The summed E-state index contributed by atoms with van der Waals surface area (Å²) in [6.45, 7) is 0. The lowest BCUT2D eigenvalue weighted by molar-refractivity contribution is -0.274. The first-order valence-corrected chi connectivity index (χ1v) is 6.62. The molecule has 0 heterocycles. The van der Waals surface area contributed by atoms with Gasteiger partial charge in [0.05, 0.1) is 6.04 Å². The summed E-state index contributed by atoms with van der Waals surface area (Å²) < 4.78 is 54.3. The first-order chi connectivity index (χ1) is 9.76. The lowest BCUT2D eigenvalue weighted by atomic mass is 9.99. The van der Waals surface area contributed by atoms with E-state index in [1.807, 2.05) is 0 Å². The summed E-state index contributed by atoms with van der Waals surface area (Å²) in [5, 5.41) is 0. The van der Waals surface area contributed by atoms with Crippen molar-refractivity contribution >= 4 is 28.3 Å². The van der Waals surface area contributed by atoms with Gasteiger partial charge in [0.2, 0.25) is 0 Å². The third-order valence-electron chi connectivity index (χ3n) is 2.77. The minimum absolute atomic E-state index is 0. The number of rotatable bonds is 3. The summed E-state index contributed by atoms with van der Waals surface area (Å²) >= 11 is 3.14. The van der Waals surface area contributed by atoms with E-state index < -0.39 is 18.2 Å². The van der Waals surface area contributed by atoms with E-state index >= 15 is 0 Å². The van der Waals surface area contributed by atoms with Crippen molar-refractivity contribution in [2.45, 2.75) is 12.4 Å². The normalized spacial score (nSPS) is 12.5. The van der Waals surface area contributed by atoms with Crippen molar-refractivity contribution in [3.05, 3.63) is 63.9 Å². The van der Waals surface area contributed by atoms with Gasteiger partial charge in [-0.3, -0.25) is 0 Å². The number of benzene rings is 2. The van der Waals surface area contributed by atoms with E-state index in [2.05, 4.69) is 20.7 Å². The highest BCUT2D eigenvalue weighted by Gasteiger charge is 2.31. The van der Waals surface area contributed by atoms with E-state index in [0.717, 1.165) is 12.1 Å². The molecular formula is C14H11BrClF4NO. The number of halogens is 6. The molecule has 0 saturated heterocycles. The van der Waals surface area contributed by atoms with Crippen molar-refractivity contribution in [2.75, 3.05) is 0 Å². The zero-order valence-electron chi connectivity index (χ0n) is 10.9. The van der Waals surface area contributed by atoms with Gasteiger partial charge in [-0.05, 0) is 29.8 Å². The molecular weight excluding hydrogens is 390 g/mol. The second kappa shape index (κ2) is 7.30. The Morgan fingerprint density at radius 3 is 2.14 bits per heavy atom. The Hall–Kier alpha value is -1.31. The molecule has 2 aromatic carbocycles. The average molecular weight is 401 g/mol. The first-order valence-electron chi connectivity index (χ1n) is 5.82. The Balaban J connectivity index is 0.00000242. The molecule has 0 aromatic heterocycles. The van der Waals surface area contributed by atoms with Gasteiger partial charge in [0, 0.05) is 10.0 Å². The highest BCUT2D eigenvalue weighted by Crippen LogP contribution is 2.28. The maximum Gasteiger partial charge on any atom is 0.573 e. The molecule has 2 aromatic rings. The summed E-state index contributed by atoms with van der Waals surface area (Å²) in [4.78, 5) is 0. The number of ether oxygens (including phenoxy) is 1. The van der Waals surface area contributed by atoms with Crippen LogP contribution in [-0.4, -0.2) is 6.36 Å². The fourth-order valence-electron chi connectivity index (χ4n) is 1.81. The molecule has 2 N–H and O–H groups in total. The quantitative estimate of drug-likeness (QED) is 0.740. The van der Waals surface area contributed by atoms with E-state index in [4.69, 9.17) is 5.73 Å². The fraction of sp³-hybridized carbons (Fsp3) is 0.143. The van der Waals surface area contributed by atoms with E-state index in [0.29, 0.717) is 10.0 Å². The van der Waals surface area contributed by atoms with E-state index in [1.165, 1.54) is 24.3 Å². The van der Waals surface area contributed by atoms with Crippen molar-refractivity contribution in [2.24, 2.45) is 5.73 Å². The Morgan fingerprint density at radius 1 is 1.05 bits per heavy atom. The molecule has 1 atom stereocenters. The summed E-state index contributed by atoms with van der Waals surface area (Å²) in [5.41, 5.74) is 6.66. The van der Waals surface area contributed by atoms with Crippen LogP contribution in [0.1, 0.15) is 17.2 Å². The highest BCUT2D eigenvalue weighted by atomic mass is 79.9. The maximum absolute atomic E-state index is 13.8. The van der Waals surface area contributed by atoms with Crippen molar-refractivity contribution in [3.8, 4) is 5.75 Å². The van der Waals surface area contributed by atoms with Crippen molar-refractivity contribution < 1.29 is 22.3 Å². The van der Waals surface area contributed by atoms with E-state index in [9.17, 15) is 17.6 Å². The molecule has 0 amide bonds. The lowest BCUT2D eigenvalue weighted by Gasteiger charge is -2.15. The van der Waals surface area contributed by atoms with Crippen molar-refractivity contribution in [1.29, 1.82) is 0 Å². The molecule has 0 bridgehead atoms. The lowest BCUT2D eigenvalue weighted by Crippen LogP contribution is -2.17. The van der Waals surface area contributed by atoms with Gasteiger partial charge in [-0.2, -0.15) is 0 Å². The second-order valence-corrected chi connectivity index (χ2v) is 5.18. The zero-order chi connectivity index (χ0) is 15.6.